The molecule has 0 aromatic heterocycles. The molecule has 23 heavy (non-hydrogen) atoms. The van der Waals surface area contributed by atoms with Gasteiger partial charge in [-0.3, -0.25) is 4.79 Å². The lowest BCUT2D eigenvalue weighted by molar-refractivity contribution is 0.0953. The number of carbonyl (C=O) groups excluding carboxylic acids is 1. The fourth-order valence-electron chi connectivity index (χ4n) is 2.63. The van der Waals surface area contributed by atoms with Gasteiger partial charge in [-0.2, -0.15) is 0 Å². The first-order valence-electron chi connectivity index (χ1n) is 9.03. The molecular formula is C20H30N2O. The van der Waals surface area contributed by atoms with Gasteiger partial charge < -0.3 is 5.32 Å². The third-order valence-electron chi connectivity index (χ3n) is 4.05. The minimum atomic E-state index is -0.0774. The highest BCUT2D eigenvalue weighted by molar-refractivity contribution is 5.95. The summed E-state index contributed by atoms with van der Waals surface area (Å²) in [6, 6.07) is 6.86. The van der Waals surface area contributed by atoms with Crippen molar-refractivity contribution in [2.75, 3.05) is 6.54 Å². The van der Waals surface area contributed by atoms with Crippen LogP contribution in [0.4, 0.5) is 5.69 Å². The van der Waals surface area contributed by atoms with Gasteiger partial charge in [-0.15, -0.1) is 0 Å². The summed E-state index contributed by atoms with van der Waals surface area (Å²) in [5.74, 6) is -0.0774. The summed E-state index contributed by atoms with van der Waals surface area (Å²) in [7, 11) is 0. The highest BCUT2D eigenvalue weighted by atomic mass is 16.1. The summed E-state index contributed by atoms with van der Waals surface area (Å²) >= 11 is 0. The van der Waals surface area contributed by atoms with Crippen LogP contribution in [0.1, 0.15) is 81.5 Å². The zero-order valence-electron chi connectivity index (χ0n) is 14.4. The highest BCUT2D eigenvalue weighted by Crippen LogP contribution is 2.14. The topological polar surface area (TPSA) is 33.5 Å². The largest absolute Gasteiger partial charge is 0.352 e. The number of hydrogen-bond donors (Lipinski definition) is 1. The number of hydrogen-bond acceptors (Lipinski definition) is 1. The molecule has 0 spiro atoms. The van der Waals surface area contributed by atoms with Gasteiger partial charge in [0.25, 0.3) is 0 Å². The maximum atomic E-state index is 12.0. The second-order valence-corrected chi connectivity index (χ2v) is 6.10. The molecule has 0 atom stereocenters. The monoisotopic (exact) mass is 314 g/mol. The molecule has 3 nitrogen and oxygen atoms in total. The van der Waals surface area contributed by atoms with Gasteiger partial charge in [-0.1, -0.05) is 82.9 Å². The maximum Gasteiger partial charge on any atom is 0.250 e. The Labute approximate surface area is 141 Å². The van der Waals surface area contributed by atoms with E-state index in [1.54, 1.807) is 24.3 Å². The third-order valence-corrected chi connectivity index (χ3v) is 4.05. The first-order chi connectivity index (χ1) is 11.3. The van der Waals surface area contributed by atoms with Crippen LogP contribution >= 0.6 is 0 Å². The van der Waals surface area contributed by atoms with Crippen molar-refractivity contribution in [2.45, 2.75) is 71.1 Å². The molecule has 0 aliphatic rings. The number of rotatable bonds is 12. The van der Waals surface area contributed by atoms with Gasteiger partial charge in [0.05, 0.1) is 6.57 Å². The van der Waals surface area contributed by atoms with E-state index >= 15 is 0 Å². The van der Waals surface area contributed by atoms with Crippen LogP contribution in [0, 0.1) is 6.57 Å². The Morgan fingerprint density at radius 3 is 2.22 bits per heavy atom. The van der Waals surface area contributed by atoms with Crippen molar-refractivity contribution in [1.29, 1.82) is 0 Å². The maximum absolute atomic E-state index is 12.0. The second kappa shape index (κ2) is 12.7. The fraction of sp³-hybridized carbons (Fsp3) is 0.600. The molecule has 0 heterocycles. The molecule has 0 saturated heterocycles. The summed E-state index contributed by atoms with van der Waals surface area (Å²) < 4.78 is 0. The van der Waals surface area contributed by atoms with Crippen LogP contribution in [-0.4, -0.2) is 12.5 Å². The molecule has 0 unspecified atom stereocenters. The Morgan fingerprint density at radius 2 is 1.61 bits per heavy atom. The van der Waals surface area contributed by atoms with Gasteiger partial charge in [-0.25, -0.2) is 4.85 Å². The minimum absolute atomic E-state index is 0.0774. The van der Waals surface area contributed by atoms with Crippen molar-refractivity contribution in [1.82, 2.24) is 5.32 Å². The molecule has 1 N–H and O–H groups in total. The molecule has 0 radical (unpaired) electrons. The van der Waals surface area contributed by atoms with E-state index in [-0.39, 0.29) is 5.91 Å². The van der Waals surface area contributed by atoms with Gasteiger partial charge in [0.1, 0.15) is 0 Å². The Bertz CT molecular complexity index is 491. The SMILES string of the molecule is [C-]#[N+]c1cccc(C(=O)NCCCCCCCCCCCC)c1. The van der Waals surface area contributed by atoms with E-state index in [2.05, 4.69) is 17.1 Å². The summed E-state index contributed by atoms with van der Waals surface area (Å²) in [6.07, 6.45) is 13.0. The number of amides is 1. The van der Waals surface area contributed by atoms with Crippen LogP contribution in [0.3, 0.4) is 0 Å². The second-order valence-electron chi connectivity index (χ2n) is 6.10. The third kappa shape index (κ3) is 9.03. The van der Waals surface area contributed by atoms with Crippen molar-refractivity contribution in [3.05, 3.63) is 41.2 Å². The quantitative estimate of drug-likeness (QED) is 0.379. The average molecular weight is 314 g/mol. The van der Waals surface area contributed by atoms with Crippen molar-refractivity contribution >= 4 is 11.6 Å². The predicted octanol–water partition coefficient (Wildman–Crippen LogP) is 5.89. The summed E-state index contributed by atoms with van der Waals surface area (Å²) in [4.78, 5) is 15.3. The molecular weight excluding hydrogens is 284 g/mol. The van der Waals surface area contributed by atoms with E-state index in [1.165, 1.54) is 57.8 Å². The first-order valence-corrected chi connectivity index (χ1v) is 9.03. The van der Waals surface area contributed by atoms with E-state index in [0.717, 1.165) is 13.0 Å². The average Bonchev–Trinajstić information content (AvgIpc) is 2.59. The van der Waals surface area contributed by atoms with Crippen LogP contribution in [0.2, 0.25) is 0 Å². The molecule has 0 fully saturated rings. The van der Waals surface area contributed by atoms with Gasteiger partial charge in [0.15, 0.2) is 5.69 Å². The minimum Gasteiger partial charge on any atom is -0.352 e. The summed E-state index contributed by atoms with van der Waals surface area (Å²) in [6.45, 7) is 9.94. The van der Waals surface area contributed by atoms with Gasteiger partial charge in [0, 0.05) is 12.1 Å². The van der Waals surface area contributed by atoms with Crippen LogP contribution in [0.25, 0.3) is 4.85 Å². The van der Waals surface area contributed by atoms with Gasteiger partial charge >= 0.3 is 0 Å². The first kappa shape index (κ1) is 19.2. The lowest BCUT2D eigenvalue weighted by Crippen LogP contribution is -2.24. The lowest BCUT2D eigenvalue weighted by atomic mass is 10.1. The van der Waals surface area contributed by atoms with E-state index in [4.69, 9.17) is 6.57 Å². The van der Waals surface area contributed by atoms with Crippen LogP contribution in [0.5, 0.6) is 0 Å². The number of nitrogens with zero attached hydrogens (tertiary/aromatic N) is 1. The Morgan fingerprint density at radius 1 is 1.00 bits per heavy atom. The Hall–Kier alpha value is -1.82. The normalized spacial score (nSPS) is 10.3. The Balaban J connectivity index is 2.00. The predicted molar refractivity (Wildman–Crippen MR) is 96.9 cm³/mol. The van der Waals surface area contributed by atoms with Gasteiger partial charge in [0.2, 0.25) is 5.91 Å². The van der Waals surface area contributed by atoms with Crippen LogP contribution < -0.4 is 5.32 Å². The van der Waals surface area contributed by atoms with E-state index < -0.39 is 0 Å². The van der Waals surface area contributed by atoms with Crippen molar-refractivity contribution in [3.63, 3.8) is 0 Å². The molecule has 1 rings (SSSR count). The highest BCUT2D eigenvalue weighted by Gasteiger charge is 2.04. The summed E-state index contributed by atoms with van der Waals surface area (Å²) in [5.41, 5.74) is 1.09. The van der Waals surface area contributed by atoms with E-state index in [0.29, 0.717) is 11.3 Å². The molecule has 0 aliphatic heterocycles. The number of nitrogens with one attached hydrogen (secondary N) is 1. The lowest BCUT2D eigenvalue weighted by Gasteiger charge is -2.06. The van der Waals surface area contributed by atoms with Gasteiger partial charge in [-0.05, 0) is 12.5 Å². The number of carbonyl (C=O) groups is 1. The van der Waals surface area contributed by atoms with Crippen LogP contribution in [-0.2, 0) is 0 Å². The van der Waals surface area contributed by atoms with Crippen LogP contribution in [0.15, 0.2) is 24.3 Å². The molecule has 3 heteroatoms. The number of benzene rings is 1. The zero-order valence-corrected chi connectivity index (χ0v) is 14.4. The Kier molecular flexibility index (Phi) is 10.6. The van der Waals surface area contributed by atoms with Crippen molar-refractivity contribution in [2.24, 2.45) is 0 Å². The molecule has 1 amide bonds. The smallest absolute Gasteiger partial charge is 0.250 e. The molecule has 1 aromatic rings. The number of unbranched alkanes of at least 4 members (excludes halogenated alkanes) is 9. The van der Waals surface area contributed by atoms with Crippen molar-refractivity contribution in [3.8, 4) is 0 Å². The zero-order chi connectivity index (χ0) is 16.8. The molecule has 0 saturated carbocycles. The fourth-order valence-corrected chi connectivity index (χ4v) is 2.63. The summed E-state index contributed by atoms with van der Waals surface area (Å²) in [5, 5.41) is 2.93. The molecule has 1 aromatic carbocycles. The van der Waals surface area contributed by atoms with Crippen molar-refractivity contribution < 1.29 is 4.79 Å². The molecule has 126 valence electrons. The standard InChI is InChI=1S/C20H30N2O/c1-3-4-5-6-7-8-9-10-11-12-16-22-20(23)18-14-13-15-19(17-18)21-2/h13-15,17H,3-12,16H2,1H3,(H,22,23). The van der Waals surface area contributed by atoms with E-state index in [9.17, 15) is 4.79 Å². The molecule has 0 aliphatic carbocycles. The van der Waals surface area contributed by atoms with E-state index in [1.807, 2.05) is 0 Å². The molecule has 0 bridgehead atoms.